The van der Waals surface area contributed by atoms with Gasteiger partial charge in [-0.25, -0.2) is 0 Å². The van der Waals surface area contributed by atoms with Gasteiger partial charge in [0, 0.05) is 23.1 Å². The Morgan fingerprint density at radius 1 is 1.16 bits per heavy atom. The van der Waals surface area contributed by atoms with Crippen LogP contribution < -0.4 is 0 Å². The standard InChI is InChI=1S/C19H18BrCl2NO2/c20-15-6-3-13(4-7-15)12-25-16-2-1-9-23(11-16)19(24)14-5-8-17(21)18(22)10-14/h3-8,10,16H,1-2,9,11-12H2. The third-order valence-corrected chi connectivity index (χ3v) is 5.50. The number of hydrogen-bond acceptors (Lipinski definition) is 2. The number of piperidine rings is 1. The van der Waals surface area contributed by atoms with E-state index in [1.54, 1.807) is 18.2 Å². The third-order valence-electron chi connectivity index (χ3n) is 4.23. The largest absolute Gasteiger partial charge is 0.372 e. The predicted molar refractivity (Wildman–Crippen MR) is 104 cm³/mol. The second-order valence-electron chi connectivity index (χ2n) is 6.08. The first-order valence-electron chi connectivity index (χ1n) is 8.13. The lowest BCUT2D eigenvalue weighted by Crippen LogP contribution is -2.43. The minimum absolute atomic E-state index is 0.0319. The smallest absolute Gasteiger partial charge is 0.253 e. The van der Waals surface area contributed by atoms with E-state index < -0.39 is 0 Å². The molecule has 1 amide bonds. The van der Waals surface area contributed by atoms with Gasteiger partial charge in [-0.3, -0.25) is 4.79 Å². The number of likely N-dealkylation sites (tertiary alicyclic amines) is 1. The average Bonchev–Trinajstić information content (AvgIpc) is 2.63. The van der Waals surface area contributed by atoms with E-state index in [-0.39, 0.29) is 12.0 Å². The molecule has 132 valence electrons. The molecule has 1 atom stereocenters. The molecule has 1 heterocycles. The number of carbonyl (C=O) groups is 1. The highest BCUT2D eigenvalue weighted by molar-refractivity contribution is 9.10. The highest BCUT2D eigenvalue weighted by Gasteiger charge is 2.25. The van der Waals surface area contributed by atoms with Crippen molar-refractivity contribution in [1.29, 1.82) is 0 Å². The van der Waals surface area contributed by atoms with Gasteiger partial charge in [-0.2, -0.15) is 0 Å². The van der Waals surface area contributed by atoms with Crippen molar-refractivity contribution in [3.63, 3.8) is 0 Å². The maximum atomic E-state index is 12.7. The molecule has 1 unspecified atom stereocenters. The molecule has 1 fully saturated rings. The number of nitrogens with zero attached hydrogens (tertiary/aromatic N) is 1. The van der Waals surface area contributed by atoms with Crippen molar-refractivity contribution in [2.45, 2.75) is 25.6 Å². The molecule has 3 rings (SSSR count). The van der Waals surface area contributed by atoms with E-state index in [9.17, 15) is 4.79 Å². The summed E-state index contributed by atoms with van der Waals surface area (Å²) in [4.78, 5) is 14.5. The topological polar surface area (TPSA) is 29.5 Å². The van der Waals surface area contributed by atoms with Crippen LogP contribution in [0.3, 0.4) is 0 Å². The summed E-state index contributed by atoms with van der Waals surface area (Å²) in [6.07, 6.45) is 1.93. The normalized spacial score (nSPS) is 17.6. The van der Waals surface area contributed by atoms with E-state index in [2.05, 4.69) is 15.9 Å². The Bertz CT molecular complexity index is 752. The molecular formula is C19H18BrCl2NO2. The second kappa shape index (κ2) is 8.54. The van der Waals surface area contributed by atoms with E-state index >= 15 is 0 Å². The van der Waals surface area contributed by atoms with Crippen molar-refractivity contribution in [3.05, 3.63) is 68.1 Å². The summed E-state index contributed by atoms with van der Waals surface area (Å²) in [6, 6.07) is 13.1. The summed E-state index contributed by atoms with van der Waals surface area (Å²) >= 11 is 15.4. The molecule has 3 nitrogen and oxygen atoms in total. The monoisotopic (exact) mass is 441 g/mol. The molecule has 2 aromatic rings. The zero-order valence-corrected chi connectivity index (χ0v) is 16.6. The Morgan fingerprint density at radius 3 is 2.64 bits per heavy atom. The number of benzene rings is 2. The van der Waals surface area contributed by atoms with Crippen molar-refractivity contribution < 1.29 is 9.53 Å². The van der Waals surface area contributed by atoms with E-state index in [4.69, 9.17) is 27.9 Å². The molecule has 0 spiro atoms. The first-order valence-corrected chi connectivity index (χ1v) is 9.68. The molecular weight excluding hydrogens is 425 g/mol. The number of amides is 1. The van der Waals surface area contributed by atoms with E-state index in [1.807, 2.05) is 29.2 Å². The zero-order valence-electron chi connectivity index (χ0n) is 13.6. The van der Waals surface area contributed by atoms with Crippen LogP contribution in [-0.4, -0.2) is 30.0 Å². The average molecular weight is 443 g/mol. The lowest BCUT2D eigenvalue weighted by Gasteiger charge is -2.32. The van der Waals surface area contributed by atoms with Gasteiger partial charge >= 0.3 is 0 Å². The molecule has 6 heteroatoms. The van der Waals surface area contributed by atoms with Crippen LogP contribution in [0.1, 0.15) is 28.8 Å². The number of carbonyl (C=O) groups excluding carboxylic acids is 1. The summed E-state index contributed by atoms with van der Waals surface area (Å²) in [5.41, 5.74) is 1.68. The Labute approximate surface area is 166 Å². The molecule has 0 N–H and O–H groups in total. The summed E-state index contributed by atoms with van der Waals surface area (Å²) in [5.74, 6) is -0.0319. The van der Waals surface area contributed by atoms with Crippen LogP contribution in [-0.2, 0) is 11.3 Å². The van der Waals surface area contributed by atoms with Gasteiger partial charge in [0.2, 0.25) is 0 Å². The summed E-state index contributed by atoms with van der Waals surface area (Å²) in [7, 11) is 0. The first-order chi connectivity index (χ1) is 12.0. The maximum absolute atomic E-state index is 12.7. The quantitative estimate of drug-likeness (QED) is 0.618. The number of rotatable bonds is 4. The van der Waals surface area contributed by atoms with Gasteiger partial charge in [0.15, 0.2) is 0 Å². The predicted octanol–water partition coefficient (Wildman–Crippen LogP) is 5.58. The minimum atomic E-state index is -0.0319. The maximum Gasteiger partial charge on any atom is 0.253 e. The first kappa shape index (κ1) is 18.7. The molecule has 1 saturated heterocycles. The van der Waals surface area contributed by atoms with Gasteiger partial charge in [0.05, 0.1) is 22.8 Å². The van der Waals surface area contributed by atoms with Gasteiger partial charge in [-0.15, -0.1) is 0 Å². The SMILES string of the molecule is O=C(c1ccc(Cl)c(Cl)c1)N1CCCC(OCc2ccc(Br)cc2)C1. The summed E-state index contributed by atoms with van der Waals surface area (Å²) in [6.45, 7) is 1.87. The molecule has 0 saturated carbocycles. The molecule has 0 aromatic heterocycles. The molecule has 25 heavy (non-hydrogen) atoms. The van der Waals surface area contributed by atoms with Crippen molar-refractivity contribution in [2.75, 3.05) is 13.1 Å². The van der Waals surface area contributed by atoms with Gasteiger partial charge < -0.3 is 9.64 Å². The van der Waals surface area contributed by atoms with Crippen LogP contribution in [0, 0.1) is 0 Å². The molecule has 0 bridgehead atoms. The van der Waals surface area contributed by atoms with Gasteiger partial charge in [-0.05, 0) is 48.7 Å². The van der Waals surface area contributed by atoms with Crippen LogP contribution in [0.4, 0.5) is 0 Å². The van der Waals surface area contributed by atoms with E-state index in [1.165, 1.54) is 0 Å². The molecule has 1 aliphatic heterocycles. The number of ether oxygens (including phenoxy) is 1. The second-order valence-corrected chi connectivity index (χ2v) is 7.81. The molecule has 0 radical (unpaired) electrons. The minimum Gasteiger partial charge on any atom is -0.372 e. The van der Waals surface area contributed by atoms with Gasteiger partial charge in [0.1, 0.15) is 0 Å². The fraction of sp³-hybridized carbons (Fsp3) is 0.316. The Kier molecular flexibility index (Phi) is 6.39. The molecule has 2 aromatic carbocycles. The van der Waals surface area contributed by atoms with Crippen LogP contribution in [0.5, 0.6) is 0 Å². The zero-order chi connectivity index (χ0) is 17.8. The Morgan fingerprint density at radius 2 is 1.92 bits per heavy atom. The third kappa shape index (κ3) is 4.98. The summed E-state index contributed by atoms with van der Waals surface area (Å²) < 4.78 is 7.06. The summed E-state index contributed by atoms with van der Waals surface area (Å²) in [5, 5.41) is 0.847. The Hall–Kier alpha value is -1.07. The van der Waals surface area contributed by atoms with Crippen LogP contribution in [0.15, 0.2) is 46.9 Å². The Balaban J connectivity index is 1.59. The highest BCUT2D eigenvalue weighted by Crippen LogP contribution is 2.24. The lowest BCUT2D eigenvalue weighted by atomic mass is 10.1. The van der Waals surface area contributed by atoms with Crippen LogP contribution >= 0.6 is 39.1 Å². The molecule has 1 aliphatic rings. The number of hydrogen-bond donors (Lipinski definition) is 0. The number of halogens is 3. The van der Waals surface area contributed by atoms with Crippen molar-refractivity contribution >= 4 is 45.0 Å². The van der Waals surface area contributed by atoms with E-state index in [0.29, 0.717) is 28.8 Å². The van der Waals surface area contributed by atoms with Crippen LogP contribution in [0.2, 0.25) is 10.0 Å². The van der Waals surface area contributed by atoms with Crippen molar-refractivity contribution in [1.82, 2.24) is 4.90 Å². The molecule has 0 aliphatic carbocycles. The fourth-order valence-electron chi connectivity index (χ4n) is 2.87. The van der Waals surface area contributed by atoms with Gasteiger partial charge in [-0.1, -0.05) is 51.3 Å². The van der Waals surface area contributed by atoms with E-state index in [0.717, 1.165) is 29.4 Å². The fourth-order valence-corrected chi connectivity index (χ4v) is 3.43. The van der Waals surface area contributed by atoms with Crippen molar-refractivity contribution in [3.8, 4) is 0 Å². The lowest BCUT2D eigenvalue weighted by molar-refractivity contribution is -0.00673. The van der Waals surface area contributed by atoms with Crippen LogP contribution in [0.25, 0.3) is 0 Å². The van der Waals surface area contributed by atoms with Crippen molar-refractivity contribution in [2.24, 2.45) is 0 Å². The van der Waals surface area contributed by atoms with Gasteiger partial charge in [0.25, 0.3) is 5.91 Å². The highest BCUT2D eigenvalue weighted by atomic mass is 79.9.